The smallest absolute Gasteiger partial charge is 0.254 e. The monoisotopic (exact) mass is 509 g/mol. The van der Waals surface area contributed by atoms with E-state index in [9.17, 15) is 18.0 Å². The molecule has 3 aliphatic rings. The maximum atomic E-state index is 13.4. The Kier molecular flexibility index (Phi) is 5.84. The summed E-state index contributed by atoms with van der Waals surface area (Å²) >= 11 is 0. The molecule has 2 aromatic carbocycles. The van der Waals surface area contributed by atoms with E-state index in [2.05, 4.69) is 35.7 Å². The molecule has 0 aromatic heterocycles. The van der Waals surface area contributed by atoms with Crippen LogP contribution < -0.4 is 10.0 Å². The topological polar surface area (TPSA) is 95.6 Å². The highest BCUT2D eigenvalue weighted by Gasteiger charge is 2.51. The van der Waals surface area contributed by atoms with Crippen LogP contribution in [-0.2, 0) is 20.4 Å². The van der Waals surface area contributed by atoms with Gasteiger partial charge in [-0.15, -0.1) is 0 Å². The largest absolute Gasteiger partial charge is 0.335 e. The molecule has 0 spiro atoms. The van der Waals surface area contributed by atoms with Gasteiger partial charge in [-0.3, -0.25) is 9.59 Å². The summed E-state index contributed by atoms with van der Waals surface area (Å²) in [5.41, 5.74) is 1.83. The van der Waals surface area contributed by atoms with E-state index < -0.39 is 15.6 Å². The number of amides is 2. The molecule has 2 bridgehead atoms. The number of benzene rings is 2. The molecule has 192 valence electrons. The van der Waals surface area contributed by atoms with Crippen LogP contribution >= 0.6 is 0 Å². The molecule has 2 aliphatic carbocycles. The van der Waals surface area contributed by atoms with E-state index in [4.69, 9.17) is 0 Å². The van der Waals surface area contributed by atoms with Crippen LogP contribution in [0.2, 0.25) is 0 Å². The van der Waals surface area contributed by atoms with E-state index in [1.165, 1.54) is 19.1 Å². The molecule has 2 aromatic rings. The van der Waals surface area contributed by atoms with Crippen molar-refractivity contribution in [2.24, 2.45) is 10.8 Å². The average molecular weight is 510 g/mol. The van der Waals surface area contributed by atoms with Gasteiger partial charge in [-0.2, -0.15) is 0 Å². The van der Waals surface area contributed by atoms with Gasteiger partial charge in [-0.05, 0) is 84.9 Å². The first-order chi connectivity index (χ1) is 16.8. The first-order valence-corrected chi connectivity index (χ1v) is 14.1. The highest BCUT2D eigenvalue weighted by molar-refractivity contribution is 7.89. The number of carbonyl (C=O) groups is 2. The summed E-state index contributed by atoms with van der Waals surface area (Å²) in [6.45, 7) is 9.10. The molecule has 1 aliphatic heterocycles. The molecular formula is C28H35N3O4S. The number of anilines is 1. The molecule has 2 N–H and O–H groups in total. The van der Waals surface area contributed by atoms with Gasteiger partial charge in [0.15, 0.2) is 0 Å². The van der Waals surface area contributed by atoms with Crippen LogP contribution in [0.5, 0.6) is 0 Å². The summed E-state index contributed by atoms with van der Waals surface area (Å²) in [6, 6.07) is 13.8. The van der Waals surface area contributed by atoms with Crippen LogP contribution in [0.25, 0.3) is 0 Å². The zero-order chi connectivity index (χ0) is 25.9. The van der Waals surface area contributed by atoms with Crippen molar-refractivity contribution >= 4 is 27.5 Å². The quantitative estimate of drug-likeness (QED) is 0.592. The minimum atomic E-state index is -3.75. The Morgan fingerprint density at radius 1 is 0.944 bits per heavy atom. The van der Waals surface area contributed by atoms with Gasteiger partial charge in [0.1, 0.15) is 0 Å². The number of carbonyl (C=O) groups excluding carboxylic acids is 2. The number of hydrogen-bond acceptors (Lipinski definition) is 4. The Morgan fingerprint density at radius 2 is 1.58 bits per heavy atom. The molecule has 2 amide bonds. The first kappa shape index (κ1) is 25.0. The predicted octanol–water partition coefficient (Wildman–Crippen LogP) is 4.65. The van der Waals surface area contributed by atoms with Crippen LogP contribution in [0.1, 0.15) is 75.7 Å². The van der Waals surface area contributed by atoms with Crippen LogP contribution in [0, 0.1) is 10.8 Å². The van der Waals surface area contributed by atoms with Gasteiger partial charge >= 0.3 is 0 Å². The Balaban J connectivity index is 1.30. The Hall–Kier alpha value is -2.71. The van der Waals surface area contributed by atoms with E-state index in [1.807, 2.05) is 24.3 Å². The number of sulfonamides is 1. The second-order valence-electron chi connectivity index (χ2n) is 12.1. The zero-order valence-corrected chi connectivity index (χ0v) is 22.2. The molecule has 36 heavy (non-hydrogen) atoms. The van der Waals surface area contributed by atoms with Gasteiger partial charge < -0.3 is 10.2 Å². The van der Waals surface area contributed by atoms with Crippen molar-refractivity contribution in [3.05, 3.63) is 59.7 Å². The fraction of sp³-hybridized carbons (Fsp3) is 0.500. The summed E-state index contributed by atoms with van der Waals surface area (Å²) in [6.07, 6.45) is 4.63. The molecule has 1 saturated heterocycles. The Labute approximate surface area is 213 Å². The molecular weight excluding hydrogens is 474 g/mol. The number of hydrogen-bond donors (Lipinski definition) is 2. The van der Waals surface area contributed by atoms with Crippen molar-refractivity contribution in [2.45, 2.75) is 76.3 Å². The van der Waals surface area contributed by atoms with E-state index in [0.717, 1.165) is 31.4 Å². The van der Waals surface area contributed by atoms with Crippen molar-refractivity contribution in [3.8, 4) is 0 Å². The van der Waals surface area contributed by atoms with Gasteiger partial charge in [0.25, 0.3) is 5.91 Å². The summed E-state index contributed by atoms with van der Waals surface area (Å²) < 4.78 is 29.0. The molecule has 2 atom stereocenters. The minimum Gasteiger partial charge on any atom is -0.335 e. The molecule has 2 saturated carbocycles. The SMILES string of the molecule is CC(=O)Nc1ccc(S(=O)(=O)NC2(c3ccc(C(=O)N4CC5(C)CC4CC(C)(C)C5)cc3)CC2)cc1. The summed E-state index contributed by atoms with van der Waals surface area (Å²) in [7, 11) is -3.75. The molecule has 1 heterocycles. The van der Waals surface area contributed by atoms with Crippen LogP contribution in [0.4, 0.5) is 5.69 Å². The standard InChI is InChI=1S/C28H35N3O4S/c1-19(32)29-22-9-11-24(12-10-22)36(34,35)30-28(13-14-28)21-7-5-20(6-8-21)25(33)31-18-27(4)16-23(31)15-26(2,3)17-27/h5-12,23,30H,13-18H2,1-4H3,(H,29,32). The van der Waals surface area contributed by atoms with Crippen molar-refractivity contribution < 1.29 is 18.0 Å². The third kappa shape index (κ3) is 4.81. The minimum absolute atomic E-state index is 0.0673. The van der Waals surface area contributed by atoms with Crippen molar-refractivity contribution in [3.63, 3.8) is 0 Å². The normalized spacial score (nSPS) is 25.9. The zero-order valence-electron chi connectivity index (χ0n) is 21.4. The van der Waals surface area contributed by atoms with Crippen molar-refractivity contribution in [2.75, 3.05) is 11.9 Å². The number of likely N-dealkylation sites (tertiary alicyclic amines) is 1. The maximum absolute atomic E-state index is 13.4. The van der Waals surface area contributed by atoms with Crippen molar-refractivity contribution in [1.29, 1.82) is 0 Å². The predicted molar refractivity (Wildman–Crippen MR) is 139 cm³/mol. The molecule has 2 unspecified atom stereocenters. The second kappa shape index (κ2) is 8.42. The fourth-order valence-electron chi connectivity index (χ4n) is 6.61. The highest BCUT2D eigenvalue weighted by Crippen LogP contribution is 2.53. The molecule has 3 fully saturated rings. The number of fused-ring (bicyclic) bond motifs is 2. The number of rotatable bonds is 6. The lowest BCUT2D eigenvalue weighted by Gasteiger charge is -2.39. The Morgan fingerprint density at radius 3 is 2.17 bits per heavy atom. The van der Waals surface area contributed by atoms with Gasteiger partial charge in [0.2, 0.25) is 15.9 Å². The third-order valence-corrected chi connectivity index (χ3v) is 9.48. The fourth-order valence-corrected chi connectivity index (χ4v) is 8.06. The number of nitrogens with zero attached hydrogens (tertiary/aromatic N) is 1. The second-order valence-corrected chi connectivity index (χ2v) is 13.8. The van der Waals surface area contributed by atoms with Crippen LogP contribution in [0.15, 0.2) is 53.4 Å². The lowest BCUT2D eigenvalue weighted by atomic mass is 9.65. The van der Waals surface area contributed by atoms with Gasteiger partial charge in [0, 0.05) is 30.8 Å². The van der Waals surface area contributed by atoms with E-state index in [0.29, 0.717) is 24.1 Å². The molecule has 0 radical (unpaired) electrons. The molecule has 7 nitrogen and oxygen atoms in total. The van der Waals surface area contributed by atoms with Gasteiger partial charge in [-0.25, -0.2) is 13.1 Å². The van der Waals surface area contributed by atoms with E-state index in [-0.39, 0.29) is 33.6 Å². The van der Waals surface area contributed by atoms with Gasteiger partial charge in [-0.1, -0.05) is 32.9 Å². The summed E-state index contributed by atoms with van der Waals surface area (Å²) in [5, 5.41) is 2.64. The maximum Gasteiger partial charge on any atom is 0.254 e. The highest BCUT2D eigenvalue weighted by atomic mass is 32.2. The number of nitrogens with one attached hydrogen (secondary N) is 2. The summed E-state index contributed by atoms with van der Waals surface area (Å²) in [5.74, 6) is -0.147. The Bertz CT molecular complexity index is 1300. The molecule has 5 rings (SSSR count). The lowest BCUT2D eigenvalue weighted by Crippen LogP contribution is -2.38. The molecule has 8 heteroatoms. The first-order valence-electron chi connectivity index (χ1n) is 12.6. The van der Waals surface area contributed by atoms with Crippen molar-refractivity contribution in [1.82, 2.24) is 9.62 Å². The average Bonchev–Trinajstić information content (AvgIpc) is 3.50. The van der Waals surface area contributed by atoms with Crippen LogP contribution in [0.3, 0.4) is 0 Å². The lowest BCUT2D eigenvalue weighted by molar-refractivity contribution is -0.114. The summed E-state index contributed by atoms with van der Waals surface area (Å²) in [4.78, 5) is 26.8. The van der Waals surface area contributed by atoms with E-state index >= 15 is 0 Å². The van der Waals surface area contributed by atoms with E-state index in [1.54, 1.807) is 12.1 Å². The third-order valence-electron chi connectivity index (χ3n) is 7.92. The van der Waals surface area contributed by atoms with Crippen LogP contribution in [-0.4, -0.2) is 37.7 Å². The van der Waals surface area contributed by atoms with Gasteiger partial charge in [0.05, 0.1) is 10.4 Å².